The minimum absolute atomic E-state index is 0.0409. The van der Waals surface area contributed by atoms with Crippen LogP contribution in [0.15, 0.2) is 42.5 Å². The Kier molecular flexibility index (Phi) is 5.64. The van der Waals surface area contributed by atoms with Gasteiger partial charge < -0.3 is 10.4 Å². The van der Waals surface area contributed by atoms with Crippen molar-refractivity contribution in [2.45, 2.75) is 13.3 Å². The lowest BCUT2D eigenvalue weighted by atomic mass is 10.00. The third-order valence-corrected chi connectivity index (χ3v) is 3.82. The number of carbonyl (C=O) groups excluding carboxylic acids is 1. The van der Waals surface area contributed by atoms with E-state index in [9.17, 15) is 14.7 Å². The number of rotatable bonds is 5. The van der Waals surface area contributed by atoms with Gasteiger partial charge in [0, 0.05) is 16.0 Å². The van der Waals surface area contributed by atoms with E-state index in [1.807, 2.05) is 12.1 Å². The molecule has 1 unspecified atom stereocenters. The fourth-order valence-corrected chi connectivity index (χ4v) is 2.55. The molecular weight excluding hydrogens is 337 g/mol. The molecule has 120 valence electrons. The van der Waals surface area contributed by atoms with Gasteiger partial charge in [-0.25, -0.2) is 4.79 Å². The molecule has 0 aromatic heterocycles. The van der Waals surface area contributed by atoms with Crippen LogP contribution < -0.4 is 5.32 Å². The lowest BCUT2D eigenvalue weighted by Gasteiger charge is -2.14. The third kappa shape index (κ3) is 4.71. The molecule has 2 aromatic carbocycles. The zero-order chi connectivity index (χ0) is 17.0. The number of amides is 1. The van der Waals surface area contributed by atoms with E-state index in [4.69, 9.17) is 23.2 Å². The van der Waals surface area contributed by atoms with Crippen molar-refractivity contribution < 1.29 is 14.7 Å². The van der Waals surface area contributed by atoms with Gasteiger partial charge in [-0.3, -0.25) is 4.79 Å². The highest BCUT2D eigenvalue weighted by atomic mass is 35.5. The highest BCUT2D eigenvalue weighted by Gasteiger charge is 2.18. The van der Waals surface area contributed by atoms with Gasteiger partial charge in [0.1, 0.15) is 0 Å². The van der Waals surface area contributed by atoms with E-state index in [1.165, 1.54) is 18.2 Å². The number of carbonyl (C=O) groups is 2. The fraction of sp³-hybridized carbons (Fsp3) is 0.176. The van der Waals surface area contributed by atoms with Crippen LogP contribution in [0.2, 0.25) is 10.0 Å². The Bertz CT molecular complexity index is 746. The molecule has 2 N–H and O–H groups in total. The lowest BCUT2D eigenvalue weighted by molar-refractivity contribution is -0.119. The van der Waals surface area contributed by atoms with E-state index < -0.39 is 5.97 Å². The van der Waals surface area contributed by atoms with Gasteiger partial charge in [-0.05, 0) is 42.3 Å². The topological polar surface area (TPSA) is 66.4 Å². The summed E-state index contributed by atoms with van der Waals surface area (Å²) in [5, 5.41) is 12.7. The van der Waals surface area contributed by atoms with Gasteiger partial charge in [-0.15, -0.1) is 0 Å². The summed E-state index contributed by atoms with van der Waals surface area (Å²) in [7, 11) is 0. The van der Waals surface area contributed by atoms with Crippen LogP contribution in [0, 0.1) is 5.92 Å². The predicted molar refractivity (Wildman–Crippen MR) is 91.4 cm³/mol. The number of halogens is 2. The molecule has 0 heterocycles. The average Bonchev–Trinajstić information content (AvgIpc) is 2.48. The van der Waals surface area contributed by atoms with E-state index in [1.54, 1.807) is 19.1 Å². The smallest absolute Gasteiger partial charge is 0.337 e. The number of carboxylic acid groups (broad SMARTS) is 1. The zero-order valence-electron chi connectivity index (χ0n) is 12.3. The predicted octanol–water partition coefficient (Wildman–Crippen LogP) is 4.51. The molecule has 0 radical (unpaired) electrons. The normalized spacial score (nSPS) is 11.8. The standard InChI is InChI=1S/C17H15Cl2NO3/c1-10(7-11-3-2-4-12(18)8-11)16(21)20-15-6-5-13(19)9-14(15)17(22)23/h2-6,8-10H,7H2,1H3,(H,20,21)(H,22,23). The average molecular weight is 352 g/mol. The number of hydrogen-bond donors (Lipinski definition) is 2. The summed E-state index contributed by atoms with van der Waals surface area (Å²) < 4.78 is 0. The second kappa shape index (κ2) is 7.49. The van der Waals surface area contributed by atoms with Crippen LogP contribution in [-0.2, 0) is 11.2 Å². The van der Waals surface area contributed by atoms with Crippen LogP contribution >= 0.6 is 23.2 Å². The van der Waals surface area contributed by atoms with Crippen LogP contribution in [0.1, 0.15) is 22.8 Å². The molecule has 0 aliphatic heterocycles. The van der Waals surface area contributed by atoms with Crippen molar-refractivity contribution in [3.8, 4) is 0 Å². The summed E-state index contributed by atoms with van der Waals surface area (Å²) >= 11 is 11.7. The van der Waals surface area contributed by atoms with Crippen molar-refractivity contribution in [1.29, 1.82) is 0 Å². The molecule has 1 amide bonds. The molecular formula is C17H15Cl2NO3. The molecule has 2 aromatic rings. The van der Waals surface area contributed by atoms with Gasteiger partial charge in [0.2, 0.25) is 5.91 Å². The molecule has 0 saturated heterocycles. The number of hydrogen-bond acceptors (Lipinski definition) is 2. The second-order valence-corrected chi connectivity index (χ2v) is 6.09. The molecule has 0 spiro atoms. The minimum atomic E-state index is -1.15. The van der Waals surface area contributed by atoms with E-state index in [-0.39, 0.29) is 23.1 Å². The molecule has 0 bridgehead atoms. The second-order valence-electron chi connectivity index (χ2n) is 5.22. The molecule has 0 fully saturated rings. The maximum Gasteiger partial charge on any atom is 0.337 e. The fourth-order valence-electron chi connectivity index (χ4n) is 2.17. The number of carboxylic acids is 1. The maximum atomic E-state index is 12.3. The van der Waals surface area contributed by atoms with Crippen molar-refractivity contribution in [3.63, 3.8) is 0 Å². The van der Waals surface area contributed by atoms with Gasteiger partial charge in [0.25, 0.3) is 0 Å². The van der Waals surface area contributed by atoms with Crippen molar-refractivity contribution in [2.24, 2.45) is 5.92 Å². The summed E-state index contributed by atoms with van der Waals surface area (Å²) in [6.07, 6.45) is 0.502. The largest absolute Gasteiger partial charge is 0.478 e. The molecule has 0 saturated carbocycles. The Morgan fingerprint density at radius 1 is 1.13 bits per heavy atom. The summed E-state index contributed by atoms with van der Waals surface area (Å²) in [5.74, 6) is -1.76. The quantitative estimate of drug-likeness (QED) is 0.832. The van der Waals surface area contributed by atoms with Crippen molar-refractivity contribution in [2.75, 3.05) is 5.32 Å². The Balaban J connectivity index is 2.11. The zero-order valence-corrected chi connectivity index (χ0v) is 13.9. The van der Waals surface area contributed by atoms with Crippen molar-refractivity contribution in [3.05, 3.63) is 63.6 Å². The Morgan fingerprint density at radius 2 is 1.83 bits per heavy atom. The maximum absolute atomic E-state index is 12.3. The molecule has 23 heavy (non-hydrogen) atoms. The first-order valence-electron chi connectivity index (χ1n) is 6.95. The van der Waals surface area contributed by atoms with Crippen LogP contribution in [0.3, 0.4) is 0 Å². The van der Waals surface area contributed by atoms with Gasteiger partial charge in [-0.1, -0.05) is 42.3 Å². The first-order valence-corrected chi connectivity index (χ1v) is 7.70. The molecule has 6 heteroatoms. The highest BCUT2D eigenvalue weighted by Crippen LogP contribution is 2.22. The van der Waals surface area contributed by atoms with Gasteiger partial charge in [0.15, 0.2) is 0 Å². The van der Waals surface area contributed by atoms with Crippen LogP contribution in [0.25, 0.3) is 0 Å². The van der Waals surface area contributed by atoms with Crippen LogP contribution in [0.4, 0.5) is 5.69 Å². The third-order valence-electron chi connectivity index (χ3n) is 3.35. The molecule has 2 rings (SSSR count). The van der Waals surface area contributed by atoms with E-state index in [2.05, 4.69) is 5.32 Å². The van der Waals surface area contributed by atoms with E-state index in [0.717, 1.165) is 5.56 Å². The number of aromatic carboxylic acids is 1. The lowest BCUT2D eigenvalue weighted by Crippen LogP contribution is -2.23. The van der Waals surface area contributed by atoms with E-state index >= 15 is 0 Å². The molecule has 0 aliphatic rings. The monoisotopic (exact) mass is 351 g/mol. The summed E-state index contributed by atoms with van der Waals surface area (Å²) in [6.45, 7) is 1.77. The van der Waals surface area contributed by atoms with Crippen LogP contribution in [-0.4, -0.2) is 17.0 Å². The summed E-state index contributed by atoms with van der Waals surface area (Å²) in [4.78, 5) is 23.5. The minimum Gasteiger partial charge on any atom is -0.478 e. The molecule has 4 nitrogen and oxygen atoms in total. The first-order chi connectivity index (χ1) is 10.9. The van der Waals surface area contributed by atoms with Gasteiger partial charge in [0.05, 0.1) is 11.3 Å². The van der Waals surface area contributed by atoms with Crippen molar-refractivity contribution in [1.82, 2.24) is 0 Å². The Labute approximate surface area is 144 Å². The highest BCUT2D eigenvalue weighted by molar-refractivity contribution is 6.31. The van der Waals surface area contributed by atoms with Gasteiger partial charge in [-0.2, -0.15) is 0 Å². The Hall–Kier alpha value is -2.04. The SMILES string of the molecule is CC(Cc1cccc(Cl)c1)C(=O)Nc1ccc(Cl)cc1C(=O)O. The van der Waals surface area contributed by atoms with Gasteiger partial charge >= 0.3 is 5.97 Å². The number of anilines is 1. The molecule has 1 atom stereocenters. The number of nitrogens with one attached hydrogen (secondary N) is 1. The molecule has 0 aliphatic carbocycles. The number of benzene rings is 2. The first kappa shape index (κ1) is 17.3. The summed E-state index contributed by atoms with van der Waals surface area (Å²) in [6, 6.07) is 11.6. The van der Waals surface area contributed by atoms with Crippen molar-refractivity contribution >= 4 is 40.8 Å². The van der Waals surface area contributed by atoms with E-state index in [0.29, 0.717) is 16.5 Å². The summed E-state index contributed by atoms with van der Waals surface area (Å²) in [5.41, 5.74) is 1.13. The van der Waals surface area contributed by atoms with Crippen LogP contribution in [0.5, 0.6) is 0 Å². The Morgan fingerprint density at radius 3 is 2.48 bits per heavy atom.